The first-order valence-corrected chi connectivity index (χ1v) is 8.47. The molecule has 2 aromatic rings. The Morgan fingerprint density at radius 1 is 0.652 bits per heavy atom. The number of thiol groups is 1. The lowest BCUT2D eigenvalue weighted by Gasteiger charge is -2.25. The Bertz CT molecular complexity index is 710. The van der Waals surface area contributed by atoms with Crippen LogP contribution in [0.25, 0.3) is 0 Å². The first-order valence-electron chi connectivity index (χ1n) is 8.03. The van der Waals surface area contributed by atoms with Crippen LogP contribution in [0, 0.1) is 11.8 Å². The van der Waals surface area contributed by atoms with Crippen molar-refractivity contribution in [3.63, 3.8) is 0 Å². The molecule has 0 saturated carbocycles. The van der Waals surface area contributed by atoms with Crippen LogP contribution >= 0.6 is 12.6 Å². The van der Waals surface area contributed by atoms with Gasteiger partial charge in [0, 0.05) is 16.0 Å². The SMILES string of the molecule is CC(C)(C)c1cc(C#Cc2ccc(S)cc2)cc(C(C)(C)C)c1. The van der Waals surface area contributed by atoms with Crippen molar-refractivity contribution in [3.8, 4) is 11.8 Å². The van der Waals surface area contributed by atoms with E-state index in [1.165, 1.54) is 11.1 Å². The van der Waals surface area contributed by atoms with E-state index in [0.29, 0.717) is 0 Å². The zero-order valence-electron chi connectivity index (χ0n) is 15.0. The predicted molar refractivity (Wildman–Crippen MR) is 104 cm³/mol. The Balaban J connectivity index is 2.48. The molecule has 2 aromatic carbocycles. The van der Waals surface area contributed by atoms with Gasteiger partial charge in [-0.25, -0.2) is 0 Å². The summed E-state index contributed by atoms with van der Waals surface area (Å²) >= 11 is 4.31. The standard InChI is InChI=1S/C22H26S/c1-21(2,3)18-13-17(14-19(15-18)22(4,5)6)8-7-16-9-11-20(23)12-10-16/h9-15,23H,1-6H3. The van der Waals surface area contributed by atoms with Crippen molar-refractivity contribution >= 4 is 12.6 Å². The molecule has 0 aliphatic rings. The molecule has 0 unspecified atom stereocenters. The van der Waals surface area contributed by atoms with Crippen LogP contribution in [0.2, 0.25) is 0 Å². The fourth-order valence-corrected chi connectivity index (χ4v) is 2.40. The van der Waals surface area contributed by atoms with Crippen LogP contribution in [0.3, 0.4) is 0 Å². The van der Waals surface area contributed by atoms with Gasteiger partial charge in [0.1, 0.15) is 0 Å². The van der Waals surface area contributed by atoms with Gasteiger partial charge in [0.25, 0.3) is 0 Å². The van der Waals surface area contributed by atoms with Gasteiger partial charge >= 0.3 is 0 Å². The van der Waals surface area contributed by atoms with Crippen molar-refractivity contribution in [1.29, 1.82) is 0 Å². The third kappa shape index (κ3) is 4.91. The summed E-state index contributed by atoms with van der Waals surface area (Å²) in [5.41, 5.74) is 5.00. The molecular weight excluding hydrogens is 296 g/mol. The minimum atomic E-state index is 0.116. The van der Waals surface area contributed by atoms with Crippen molar-refractivity contribution < 1.29 is 0 Å². The molecule has 0 spiro atoms. The zero-order valence-corrected chi connectivity index (χ0v) is 15.9. The molecule has 120 valence electrons. The lowest BCUT2D eigenvalue weighted by Crippen LogP contribution is -2.16. The average molecular weight is 323 g/mol. The summed E-state index contributed by atoms with van der Waals surface area (Å²) in [5, 5.41) is 0. The first-order chi connectivity index (χ1) is 10.6. The zero-order chi connectivity index (χ0) is 17.3. The lowest BCUT2D eigenvalue weighted by molar-refractivity contribution is 0.568. The molecule has 0 aromatic heterocycles. The van der Waals surface area contributed by atoms with E-state index in [1.54, 1.807) is 0 Å². The van der Waals surface area contributed by atoms with Crippen molar-refractivity contribution in [2.45, 2.75) is 57.3 Å². The van der Waals surface area contributed by atoms with Gasteiger partial charge in [-0.05, 0) is 58.4 Å². The highest BCUT2D eigenvalue weighted by Crippen LogP contribution is 2.30. The molecule has 0 bridgehead atoms. The van der Waals surface area contributed by atoms with Crippen LogP contribution in [-0.4, -0.2) is 0 Å². The smallest absolute Gasteiger partial charge is 0.0254 e. The predicted octanol–water partition coefficient (Wildman–Crippen LogP) is 5.97. The molecule has 2 rings (SSSR count). The number of rotatable bonds is 0. The molecule has 0 atom stereocenters. The quantitative estimate of drug-likeness (QED) is 0.448. The third-order valence-corrected chi connectivity index (χ3v) is 4.18. The molecule has 0 aliphatic heterocycles. The number of hydrogen-bond acceptors (Lipinski definition) is 1. The Morgan fingerprint density at radius 3 is 1.52 bits per heavy atom. The lowest BCUT2D eigenvalue weighted by atomic mass is 9.79. The maximum Gasteiger partial charge on any atom is 0.0254 e. The topological polar surface area (TPSA) is 0 Å². The van der Waals surface area contributed by atoms with E-state index < -0.39 is 0 Å². The van der Waals surface area contributed by atoms with Crippen molar-refractivity contribution in [2.24, 2.45) is 0 Å². The van der Waals surface area contributed by atoms with E-state index in [1.807, 2.05) is 24.3 Å². The average Bonchev–Trinajstić information content (AvgIpc) is 2.44. The van der Waals surface area contributed by atoms with E-state index in [4.69, 9.17) is 0 Å². The number of benzene rings is 2. The minimum absolute atomic E-state index is 0.116. The molecule has 0 N–H and O–H groups in total. The van der Waals surface area contributed by atoms with Gasteiger partial charge in [-0.1, -0.05) is 59.4 Å². The summed E-state index contributed by atoms with van der Waals surface area (Å²) < 4.78 is 0. The minimum Gasteiger partial charge on any atom is -0.143 e. The molecule has 0 heterocycles. The second-order valence-electron chi connectivity index (χ2n) is 8.10. The van der Waals surface area contributed by atoms with Crippen LogP contribution in [-0.2, 0) is 10.8 Å². The van der Waals surface area contributed by atoms with Crippen LogP contribution in [0.5, 0.6) is 0 Å². The number of hydrogen-bond donors (Lipinski definition) is 1. The van der Waals surface area contributed by atoms with Crippen molar-refractivity contribution in [2.75, 3.05) is 0 Å². The summed E-state index contributed by atoms with van der Waals surface area (Å²) in [6.45, 7) is 13.5. The fraction of sp³-hybridized carbons (Fsp3) is 0.364. The van der Waals surface area contributed by atoms with E-state index in [9.17, 15) is 0 Å². The van der Waals surface area contributed by atoms with Gasteiger partial charge < -0.3 is 0 Å². The van der Waals surface area contributed by atoms with Crippen LogP contribution < -0.4 is 0 Å². The first kappa shape index (κ1) is 17.7. The van der Waals surface area contributed by atoms with E-state index in [0.717, 1.165) is 16.0 Å². The Kier molecular flexibility index (Phi) is 4.97. The summed E-state index contributed by atoms with van der Waals surface area (Å²) in [7, 11) is 0. The summed E-state index contributed by atoms with van der Waals surface area (Å²) in [6, 6.07) is 14.7. The van der Waals surface area contributed by atoms with Gasteiger partial charge in [0.2, 0.25) is 0 Å². The molecule has 0 aliphatic carbocycles. The van der Waals surface area contributed by atoms with Crippen molar-refractivity contribution in [1.82, 2.24) is 0 Å². The Labute approximate surface area is 146 Å². The molecule has 0 radical (unpaired) electrons. The second kappa shape index (κ2) is 6.46. The Morgan fingerprint density at radius 2 is 1.09 bits per heavy atom. The fourth-order valence-electron chi connectivity index (χ4n) is 2.25. The summed E-state index contributed by atoms with van der Waals surface area (Å²) in [4.78, 5) is 0.959. The van der Waals surface area contributed by atoms with Gasteiger partial charge in [0.15, 0.2) is 0 Å². The highest BCUT2D eigenvalue weighted by atomic mass is 32.1. The second-order valence-corrected chi connectivity index (χ2v) is 8.61. The van der Waals surface area contributed by atoms with Gasteiger partial charge in [0.05, 0.1) is 0 Å². The van der Waals surface area contributed by atoms with E-state index >= 15 is 0 Å². The molecule has 0 nitrogen and oxygen atoms in total. The summed E-state index contributed by atoms with van der Waals surface area (Å²) in [5.74, 6) is 6.59. The molecule has 0 amide bonds. The van der Waals surface area contributed by atoms with Crippen LogP contribution in [0.15, 0.2) is 47.4 Å². The van der Waals surface area contributed by atoms with Crippen LogP contribution in [0.1, 0.15) is 63.8 Å². The van der Waals surface area contributed by atoms with E-state index in [-0.39, 0.29) is 10.8 Å². The molecular formula is C22H26S. The van der Waals surface area contributed by atoms with Crippen molar-refractivity contribution in [3.05, 3.63) is 64.7 Å². The monoisotopic (exact) mass is 322 g/mol. The van der Waals surface area contributed by atoms with Gasteiger partial charge in [-0.2, -0.15) is 0 Å². The molecule has 0 saturated heterocycles. The maximum absolute atomic E-state index is 4.31. The molecule has 0 fully saturated rings. The maximum atomic E-state index is 4.31. The third-order valence-electron chi connectivity index (χ3n) is 3.88. The Hall–Kier alpha value is -1.65. The highest BCUT2D eigenvalue weighted by Gasteiger charge is 2.20. The summed E-state index contributed by atoms with van der Waals surface area (Å²) in [6.07, 6.45) is 0. The highest BCUT2D eigenvalue weighted by molar-refractivity contribution is 7.80. The van der Waals surface area contributed by atoms with E-state index in [2.05, 4.69) is 84.2 Å². The molecule has 1 heteroatoms. The molecule has 23 heavy (non-hydrogen) atoms. The van der Waals surface area contributed by atoms with Gasteiger partial charge in [-0.3, -0.25) is 0 Å². The largest absolute Gasteiger partial charge is 0.143 e. The van der Waals surface area contributed by atoms with Crippen LogP contribution in [0.4, 0.5) is 0 Å². The normalized spacial score (nSPS) is 11.8. The van der Waals surface area contributed by atoms with Gasteiger partial charge in [-0.15, -0.1) is 12.6 Å².